The molecule has 1 aromatic carbocycles. The lowest BCUT2D eigenvalue weighted by atomic mass is 9.96. The molecule has 1 aliphatic heterocycles. The van der Waals surface area contributed by atoms with Gasteiger partial charge in [-0.2, -0.15) is 0 Å². The molecule has 2 N–H and O–H groups in total. The Morgan fingerprint density at radius 1 is 1.42 bits per heavy atom. The molecule has 104 valence electrons. The second-order valence-electron chi connectivity index (χ2n) is 5.56. The zero-order valence-electron chi connectivity index (χ0n) is 11.9. The molecule has 0 aromatic heterocycles. The topological polar surface area (TPSA) is 46.3 Å². The van der Waals surface area contributed by atoms with Gasteiger partial charge >= 0.3 is 0 Å². The van der Waals surface area contributed by atoms with Crippen LogP contribution in [0.3, 0.4) is 0 Å². The fourth-order valence-corrected chi connectivity index (χ4v) is 2.91. The molecule has 1 amide bonds. The number of likely N-dealkylation sites (tertiary alicyclic amines) is 1. The first-order valence-electron chi connectivity index (χ1n) is 7.26. The number of rotatable bonds is 4. The first-order valence-corrected chi connectivity index (χ1v) is 7.26. The van der Waals surface area contributed by atoms with E-state index in [4.69, 9.17) is 5.73 Å². The number of nitrogen functional groups attached to an aromatic ring is 1. The number of hydrogen-bond acceptors (Lipinski definition) is 2. The summed E-state index contributed by atoms with van der Waals surface area (Å²) < 4.78 is 0. The quantitative estimate of drug-likeness (QED) is 0.845. The minimum Gasteiger partial charge on any atom is -0.399 e. The van der Waals surface area contributed by atoms with Crippen LogP contribution in [-0.4, -0.2) is 23.4 Å². The molecular formula is C16H24N2O. The van der Waals surface area contributed by atoms with Crippen LogP contribution in [0.1, 0.15) is 51.0 Å². The molecule has 0 spiro atoms. The molecular weight excluding hydrogens is 236 g/mol. The molecule has 0 saturated carbocycles. The molecule has 3 heteroatoms. The molecule has 0 aliphatic carbocycles. The molecule has 2 atom stereocenters. The number of carbonyl (C=O) groups excluding carboxylic acids is 1. The van der Waals surface area contributed by atoms with Gasteiger partial charge in [0.15, 0.2) is 0 Å². The van der Waals surface area contributed by atoms with Crippen molar-refractivity contribution in [3.8, 4) is 0 Å². The zero-order chi connectivity index (χ0) is 13.8. The molecule has 1 aliphatic rings. The van der Waals surface area contributed by atoms with E-state index >= 15 is 0 Å². The maximum atomic E-state index is 12.4. The fourth-order valence-electron chi connectivity index (χ4n) is 2.91. The summed E-state index contributed by atoms with van der Waals surface area (Å²) in [4.78, 5) is 14.4. The van der Waals surface area contributed by atoms with Crippen molar-refractivity contribution in [3.63, 3.8) is 0 Å². The maximum absolute atomic E-state index is 12.4. The largest absolute Gasteiger partial charge is 0.399 e. The van der Waals surface area contributed by atoms with Gasteiger partial charge in [-0.1, -0.05) is 26.0 Å². The highest BCUT2D eigenvalue weighted by molar-refractivity contribution is 5.77. The minimum atomic E-state index is 0.256. The summed E-state index contributed by atoms with van der Waals surface area (Å²) in [5.74, 6) is 0.555. The first-order chi connectivity index (χ1) is 9.11. The first kappa shape index (κ1) is 13.9. The Labute approximate surface area is 115 Å². The number of anilines is 1. The summed E-state index contributed by atoms with van der Waals surface area (Å²) in [6.07, 6.45) is 3.99. The van der Waals surface area contributed by atoms with Crippen molar-refractivity contribution >= 4 is 11.6 Å². The van der Waals surface area contributed by atoms with E-state index in [1.165, 1.54) is 12.0 Å². The number of carbonyl (C=O) groups is 1. The van der Waals surface area contributed by atoms with E-state index < -0.39 is 0 Å². The summed E-state index contributed by atoms with van der Waals surface area (Å²) in [5.41, 5.74) is 7.65. The predicted octanol–water partition coefficient (Wildman–Crippen LogP) is 3.16. The Morgan fingerprint density at radius 3 is 2.74 bits per heavy atom. The monoisotopic (exact) mass is 260 g/mol. The van der Waals surface area contributed by atoms with E-state index in [9.17, 15) is 4.79 Å². The van der Waals surface area contributed by atoms with Crippen LogP contribution in [0.5, 0.6) is 0 Å². The molecule has 19 heavy (non-hydrogen) atoms. The van der Waals surface area contributed by atoms with Crippen LogP contribution in [-0.2, 0) is 4.79 Å². The molecule has 1 saturated heterocycles. The predicted molar refractivity (Wildman–Crippen MR) is 78.9 cm³/mol. The smallest absolute Gasteiger partial charge is 0.223 e. The Kier molecular flexibility index (Phi) is 4.46. The Hall–Kier alpha value is -1.51. The normalized spacial score (nSPS) is 20.5. The number of hydrogen-bond donors (Lipinski definition) is 1. The lowest BCUT2D eigenvalue weighted by molar-refractivity contribution is -0.132. The van der Waals surface area contributed by atoms with E-state index in [-0.39, 0.29) is 5.92 Å². The molecule has 3 nitrogen and oxygen atoms in total. The van der Waals surface area contributed by atoms with Gasteiger partial charge in [-0.25, -0.2) is 0 Å². The van der Waals surface area contributed by atoms with Gasteiger partial charge < -0.3 is 10.6 Å². The standard InChI is InChI=1S/C16H24N2O/c1-3-15-5-4-10-18(15)16(19)11-12(2)13-6-8-14(17)9-7-13/h6-9,12,15H,3-5,10-11,17H2,1-2H3. The average molecular weight is 260 g/mol. The molecule has 0 radical (unpaired) electrons. The van der Waals surface area contributed by atoms with Gasteiger partial charge in [0.2, 0.25) is 5.91 Å². The average Bonchev–Trinajstić information content (AvgIpc) is 2.87. The number of benzene rings is 1. The highest BCUT2D eigenvalue weighted by Crippen LogP contribution is 2.25. The number of nitrogens with zero attached hydrogens (tertiary/aromatic N) is 1. The summed E-state index contributed by atoms with van der Waals surface area (Å²) in [7, 11) is 0. The van der Waals surface area contributed by atoms with Crippen LogP contribution in [0.25, 0.3) is 0 Å². The number of nitrogens with two attached hydrogens (primary N) is 1. The van der Waals surface area contributed by atoms with Crippen LogP contribution in [0.4, 0.5) is 5.69 Å². The van der Waals surface area contributed by atoms with Gasteiger partial charge in [-0.15, -0.1) is 0 Å². The third-order valence-corrected chi connectivity index (χ3v) is 4.16. The summed E-state index contributed by atoms with van der Waals surface area (Å²) in [6.45, 7) is 5.21. The maximum Gasteiger partial charge on any atom is 0.223 e. The minimum absolute atomic E-state index is 0.256. The summed E-state index contributed by atoms with van der Waals surface area (Å²) in [5, 5.41) is 0. The van der Waals surface area contributed by atoms with Gasteiger partial charge in [0.05, 0.1) is 0 Å². The lowest BCUT2D eigenvalue weighted by Crippen LogP contribution is -2.35. The van der Waals surface area contributed by atoms with Crippen LogP contribution in [0.2, 0.25) is 0 Å². The van der Waals surface area contributed by atoms with E-state index in [0.717, 1.165) is 25.1 Å². The highest BCUT2D eigenvalue weighted by atomic mass is 16.2. The lowest BCUT2D eigenvalue weighted by Gasteiger charge is -2.25. The number of amides is 1. The van der Waals surface area contributed by atoms with Crippen molar-refractivity contribution in [1.29, 1.82) is 0 Å². The summed E-state index contributed by atoms with van der Waals surface area (Å²) in [6, 6.07) is 8.32. The van der Waals surface area contributed by atoms with Gasteiger partial charge in [0, 0.05) is 24.7 Å². The molecule has 1 aromatic rings. The van der Waals surface area contributed by atoms with E-state index in [1.54, 1.807) is 0 Å². The highest BCUT2D eigenvalue weighted by Gasteiger charge is 2.27. The second-order valence-corrected chi connectivity index (χ2v) is 5.56. The van der Waals surface area contributed by atoms with Gasteiger partial charge in [0.1, 0.15) is 0 Å². The zero-order valence-corrected chi connectivity index (χ0v) is 11.9. The van der Waals surface area contributed by atoms with Crippen LogP contribution in [0.15, 0.2) is 24.3 Å². The third kappa shape index (κ3) is 3.28. The molecule has 1 fully saturated rings. The van der Waals surface area contributed by atoms with Crippen molar-refractivity contribution in [3.05, 3.63) is 29.8 Å². The van der Waals surface area contributed by atoms with Gasteiger partial charge in [-0.05, 0) is 42.9 Å². The SMILES string of the molecule is CCC1CCCN1C(=O)CC(C)c1ccc(N)cc1. The van der Waals surface area contributed by atoms with Crippen LogP contribution < -0.4 is 5.73 Å². The molecule has 2 rings (SSSR count). The van der Waals surface area contributed by atoms with Crippen molar-refractivity contribution in [2.75, 3.05) is 12.3 Å². The molecule has 2 unspecified atom stereocenters. The Bertz CT molecular complexity index is 427. The van der Waals surface area contributed by atoms with Crippen molar-refractivity contribution in [2.24, 2.45) is 0 Å². The second kappa shape index (κ2) is 6.09. The van der Waals surface area contributed by atoms with Crippen molar-refractivity contribution in [1.82, 2.24) is 4.90 Å². The van der Waals surface area contributed by atoms with Crippen molar-refractivity contribution < 1.29 is 4.79 Å². The summed E-state index contributed by atoms with van der Waals surface area (Å²) >= 11 is 0. The molecule has 0 bridgehead atoms. The van der Waals surface area contributed by atoms with Gasteiger partial charge in [-0.3, -0.25) is 4.79 Å². The Morgan fingerprint density at radius 2 is 2.11 bits per heavy atom. The van der Waals surface area contributed by atoms with Crippen LogP contribution in [0, 0.1) is 0 Å². The molecule has 1 heterocycles. The van der Waals surface area contributed by atoms with E-state index in [1.807, 2.05) is 24.3 Å². The van der Waals surface area contributed by atoms with Gasteiger partial charge in [0.25, 0.3) is 0 Å². The van der Waals surface area contributed by atoms with E-state index in [2.05, 4.69) is 18.7 Å². The fraction of sp³-hybridized carbons (Fsp3) is 0.562. The van der Waals surface area contributed by atoms with Crippen LogP contribution >= 0.6 is 0 Å². The third-order valence-electron chi connectivity index (χ3n) is 4.16. The van der Waals surface area contributed by atoms with E-state index in [0.29, 0.717) is 18.4 Å². The Balaban J connectivity index is 1.96. The van der Waals surface area contributed by atoms with Crippen molar-refractivity contribution in [2.45, 2.75) is 51.5 Å².